The molecule has 1 N–H and O–H groups in total. The van der Waals surface area contributed by atoms with Gasteiger partial charge in [-0.2, -0.15) is 5.10 Å². The van der Waals surface area contributed by atoms with Crippen molar-refractivity contribution < 1.29 is 9.53 Å². The zero-order valence-electron chi connectivity index (χ0n) is 11.7. The van der Waals surface area contributed by atoms with Gasteiger partial charge in [-0.1, -0.05) is 18.2 Å². The van der Waals surface area contributed by atoms with Crippen molar-refractivity contribution in [1.82, 2.24) is 20.1 Å². The van der Waals surface area contributed by atoms with Crippen LogP contribution in [0.25, 0.3) is 0 Å². The Kier molecular flexibility index (Phi) is 4.14. The summed E-state index contributed by atoms with van der Waals surface area (Å²) in [5, 5.41) is 6.75. The predicted molar refractivity (Wildman–Crippen MR) is 76.6 cm³/mol. The summed E-state index contributed by atoms with van der Waals surface area (Å²) < 4.78 is 5.55. The number of nitrogens with zero attached hydrogens (tertiary/aromatic N) is 3. The lowest BCUT2D eigenvalue weighted by molar-refractivity contribution is -0.137. The van der Waals surface area contributed by atoms with Crippen LogP contribution in [0.15, 0.2) is 36.7 Å². The zero-order valence-corrected chi connectivity index (χ0v) is 11.7. The monoisotopic (exact) mass is 286 g/mol. The molecule has 1 saturated heterocycles. The number of carbonyl (C=O) groups excluding carboxylic acids is 1. The Morgan fingerprint density at radius 1 is 1.33 bits per heavy atom. The van der Waals surface area contributed by atoms with Gasteiger partial charge in [0.1, 0.15) is 17.9 Å². The summed E-state index contributed by atoms with van der Waals surface area (Å²) in [4.78, 5) is 18.4. The summed E-state index contributed by atoms with van der Waals surface area (Å²) in [5.74, 6) is 1.45. The summed E-state index contributed by atoms with van der Waals surface area (Å²) in [6, 6.07) is 9.36. The highest BCUT2D eigenvalue weighted by Gasteiger charge is 2.29. The molecule has 1 aliphatic heterocycles. The van der Waals surface area contributed by atoms with Crippen LogP contribution < -0.4 is 4.74 Å². The molecular weight excluding hydrogens is 268 g/mol. The Morgan fingerprint density at radius 2 is 2.19 bits per heavy atom. The van der Waals surface area contributed by atoms with E-state index in [2.05, 4.69) is 15.2 Å². The lowest BCUT2D eigenvalue weighted by Crippen LogP contribution is -2.41. The van der Waals surface area contributed by atoms with Crippen LogP contribution in [-0.4, -0.2) is 39.1 Å². The quantitative estimate of drug-likeness (QED) is 0.932. The van der Waals surface area contributed by atoms with Crippen LogP contribution in [0.3, 0.4) is 0 Å². The third-order valence-electron chi connectivity index (χ3n) is 3.68. The van der Waals surface area contributed by atoms with Crippen LogP contribution in [0.4, 0.5) is 0 Å². The van der Waals surface area contributed by atoms with E-state index >= 15 is 0 Å². The predicted octanol–water partition coefficient (Wildman–Crippen LogP) is 1.94. The fourth-order valence-electron chi connectivity index (χ4n) is 2.63. The van der Waals surface area contributed by atoms with Crippen LogP contribution in [-0.2, 0) is 4.79 Å². The Labute approximate surface area is 123 Å². The van der Waals surface area contributed by atoms with E-state index in [1.807, 2.05) is 35.2 Å². The minimum atomic E-state index is -0.0203. The molecular formula is C15H18N4O2. The molecule has 21 heavy (non-hydrogen) atoms. The van der Waals surface area contributed by atoms with Crippen molar-refractivity contribution in [3.8, 4) is 5.75 Å². The highest BCUT2D eigenvalue weighted by atomic mass is 16.5. The third kappa shape index (κ3) is 3.21. The Balaban J connectivity index is 1.64. The van der Waals surface area contributed by atoms with Crippen LogP contribution in [0.1, 0.15) is 31.1 Å². The lowest BCUT2D eigenvalue weighted by atomic mass is 10.0. The first-order chi connectivity index (χ1) is 10.3. The highest BCUT2D eigenvalue weighted by molar-refractivity contribution is 5.78. The zero-order chi connectivity index (χ0) is 14.5. The smallest absolute Gasteiger partial charge is 0.261 e. The number of hydrogen-bond donors (Lipinski definition) is 1. The van der Waals surface area contributed by atoms with E-state index in [0.717, 1.165) is 31.6 Å². The van der Waals surface area contributed by atoms with E-state index in [4.69, 9.17) is 4.74 Å². The van der Waals surface area contributed by atoms with Crippen molar-refractivity contribution >= 4 is 5.91 Å². The van der Waals surface area contributed by atoms with Crippen molar-refractivity contribution in [1.29, 1.82) is 0 Å². The van der Waals surface area contributed by atoms with E-state index < -0.39 is 0 Å². The Hall–Kier alpha value is -2.37. The molecule has 0 radical (unpaired) electrons. The van der Waals surface area contributed by atoms with E-state index in [9.17, 15) is 4.79 Å². The number of piperidine rings is 1. The average molecular weight is 286 g/mol. The molecule has 0 unspecified atom stereocenters. The van der Waals surface area contributed by atoms with Gasteiger partial charge in [0.25, 0.3) is 5.91 Å². The van der Waals surface area contributed by atoms with Crippen molar-refractivity contribution in [3.63, 3.8) is 0 Å². The number of carbonyl (C=O) groups is 1. The number of benzene rings is 1. The number of likely N-dealkylation sites (tertiary alicyclic amines) is 1. The van der Waals surface area contributed by atoms with Crippen molar-refractivity contribution in [2.75, 3.05) is 13.2 Å². The maximum Gasteiger partial charge on any atom is 0.261 e. The van der Waals surface area contributed by atoms with Crippen LogP contribution in [0.2, 0.25) is 0 Å². The van der Waals surface area contributed by atoms with Gasteiger partial charge in [-0.15, -0.1) is 0 Å². The largest absolute Gasteiger partial charge is 0.484 e. The second-order valence-electron chi connectivity index (χ2n) is 5.07. The first kappa shape index (κ1) is 13.6. The molecule has 1 aliphatic rings. The summed E-state index contributed by atoms with van der Waals surface area (Å²) >= 11 is 0. The second-order valence-corrected chi connectivity index (χ2v) is 5.07. The van der Waals surface area contributed by atoms with Gasteiger partial charge in [-0.25, -0.2) is 4.98 Å². The van der Waals surface area contributed by atoms with Gasteiger partial charge in [-0.05, 0) is 31.4 Å². The van der Waals surface area contributed by atoms with Crippen LogP contribution in [0, 0.1) is 0 Å². The second kappa shape index (κ2) is 6.39. The number of hydrogen-bond acceptors (Lipinski definition) is 4. The maximum absolute atomic E-state index is 12.4. The molecule has 1 atom stereocenters. The average Bonchev–Trinajstić information content (AvgIpc) is 3.08. The molecule has 2 heterocycles. The normalized spacial score (nSPS) is 18.5. The number of aromatic amines is 1. The van der Waals surface area contributed by atoms with E-state index in [1.165, 1.54) is 6.33 Å². The fourth-order valence-corrected chi connectivity index (χ4v) is 2.63. The number of H-pyrrole nitrogens is 1. The van der Waals surface area contributed by atoms with E-state index in [1.54, 1.807) is 0 Å². The number of amides is 1. The van der Waals surface area contributed by atoms with E-state index in [0.29, 0.717) is 5.75 Å². The minimum Gasteiger partial charge on any atom is -0.484 e. The summed E-state index contributed by atoms with van der Waals surface area (Å²) in [6.07, 6.45) is 4.50. The molecule has 110 valence electrons. The minimum absolute atomic E-state index is 0.0139. The summed E-state index contributed by atoms with van der Waals surface area (Å²) in [7, 11) is 0. The van der Waals surface area contributed by atoms with Gasteiger partial charge in [0, 0.05) is 6.54 Å². The van der Waals surface area contributed by atoms with Gasteiger partial charge < -0.3 is 9.64 Å². The lowest BCUT2D eigenvalue weighted by Gasteiger charge is -2.34. The van der Waals surface area contributed by atoms with Gasteiger partial charge in [0.15, 0.2) is 6.61 Å². The van der Waals surface area contributed by atoms with Gasteiger partial charge in [0.05, 0.1) is 6.04 Å². The van der Waals surface area contributed by atoms with Gasteiger partial charge in [0.2, 0.25) is 0 Å². The number of aromatic nitrogens is 3. The highest BCUT2D eigenvalue weighted by Crippen LogP contribution is 2.28. The van der Waals surface area contributed by atoms with Gasteiger partial charge in [-0.3, -0.25) is 9.89 Å². The third-order valence-corrected chi connectivity index (χ3v) is 3.68. The molecule has 0 bridgehead atoms. The molecule has 1 amide bonds. The molecule has 0 aliphatic carbocycles. The fraction of sp³-hybridized carbons (Fsp3) is 0.400. The standard InChI is InChI=1S/C15H18N4O2/c20-14(10-21-12-6-2-1-3-7-12)19-9-5-4-8-13(19)15-16-11-17-18-15/h1-3,6-7,11,13H,4-5,8-10H2,(H,16,17,18)/t13-/m1/s1. The summed E-state index contributed by atoms with van der Waals surface area (Å²) in [5.41, 5.74) is 0. The molecule has 2 aromatic rings. The molecule has 0 saturated carbocycles. The Morgan fingerprint density at radius 3 is 2.95 bits per heavy atom. The van der Waals surface area contributed by atoms with Crippen molar-refractivity contribution in [3.05, 3.63) is 42.5 Å². The molecule has 6 heteroatoms. The number of ether oxygens (including phenoxy) is 1. The molecule has 6 nitrogen and oxygen atoms in total. The van der Waals surface area contributed by atoms with Crippen LogP contribution >= 0.6 is 0 Å². The molecule has 1 fully saturated rings. The Bertz CT molecular complexity index is 571. The maximum atomic E-state index is 12.4. The topological polar surface area (TPSA) is 71.1 Å². The first-order valence-corrected chi connectivity index (χ1v) is 7.17. The SMILES string of the molecule is O=C(COc1ccccc1)N1CCCC[C@@H]1c1ncn[nH]1. The molecule has 1 aromatic carbocycles. The van der Waals surface area contributed by atoms with Gasteiger partial charge >= 0.3 is 0 Å². The molecule has 3 rings (SSSR count). The van der Waals surface area contributed by atoms with Crippen LogP contribution in [0.5, 0.6) is 5.75 Å². The number of para-hydroxylation sites is 1. The molecule has 1 aromatic heterocycles. The molecule has 0 spiro atoms. The number of nitrogens with one attached hydrogen (secondary N) is 1. The first-order valence-electron chi connectivity index (χ1n) is 7.17. The van der Waals surface area contributed by atoms with Crippen molar-refractivity contribution in [2.45, 2.75) is 25.3 Å². The number of rotatable bonds is 4. The van der Waals surface area contributed by atoms with Crippen molar-refractivity contribution in [2.24, 2.45) is 0 Å². The van der Waals surface area contributed by atoms with E-state index in [-0.39, 0.29) is 18.6 Å². The summed E-state index contributed by atoms with van der Waals surface area (Å²) in [6.45, 7) is 0.789.